The van der Waals surface area contributed by atoms with Crippen LogP contribution in [0, 0.1) is 23.7 Å². The van der Waals surface area contributed by atoms with E-state index in [1.54, 1.807) is 13.2 Å². The molecule has 5 atom stereocenters. The first kappa shape index (κ1) is 12.7. The molecule has 0 spiro atoms. The van der Waals surface area contributed by atoms with Gasteiger partial charge in [0.25, 0.3) is 0 Å². The first-order chi connectivity index (χ1) is 10.2. The van der Waals surface area contributed by atoms with E-state index in [1.165, 1.54) is 0 Å². The van der Waals surface area contributed by atoms with Gasteiger partial charge in [0.05, 0.1) is 18.9 Å². The van der Waals surface area contributed by atoms with Gasteiger partial charge in [0, 0.05) is 17.7 Å². The molecular weight excluding hydrogens is 270 g/mol. The molecule has 21 heavy (non-hydrogen) atoms. The number of carbonyl (C=O) groups is 2. The van der Waals surface area contributed by atoms with Gasteiger partial charge in [-0.1, -0.05) is 6.07 Å². The Morgan fingerprint density at radius 3 is 3.05 bits per heavy atom. The summed E-state index contributed by atoms with van der Waals surface area (Å²) in [5.41, 5.74) is 0.699. The number of methoxy groups -OCH3 is 1. The minimum Gasteiger partial charge on any atom is -0.497 e. The number of rotatable bonds is 3. The van der Waals surface area contributed by atoms with Crippen molar-refractivity contribution in [2.45, 2.75) is 18.9 Å². The van der Waals surface area contributed by atoms with Crippen molar-refractivity contribution in [1.29, 1.82) is 0 Å². The molecule has 5 heteroatoms. The smallest absolute Gasteiger partial charge is 0.310 e. The number of benzene rings is 1. The molecule has 0 aromatic heterocycles. The molecule has 1 amide bonds. The topological polar surface area (TPSA) is 64.6 Å². The Morgan fingerprint density at radius 2 is 2.24 bits per heavy atom. The average Bonchev–Trinajstić information content (AvgIpc) is 3.08. The second-order valence-corrected chi connectivity index (χ2v) is 6.14. The minimum atomic E-state index is -0.243. The SMILES string of the molecule is COc1cccc(NC(=O)[C@H]2[C@@H]3C[C@@H]4[C@@H]2C(=O)O[C@@H]4C3)c1. The van der Waals surface area contributed by atoms with Gasteiger partial charge in [0.15, 0.2) is 0 Å². The van der Waals surface area contributed by atoms with E-state index < -0.39 is 0 Å². The molecule has 1 aliphatic heterocycles. The number of amides is 1. The molecule has 2 bridgehead atoms. The average molecular weight is 287 g/mol. The molecule has 0 unspecified atom stereocenters. The Balaban J connectivity index is 1.54. The van der Waals surface area contributed by atoms with Gasteiger partial charge in [-0.2, -0.15) is 0 Å². The van der Waals surface area contributed by atoms with Crippen molar-refractivity contribution in [3.05, 3.63) is 24.3 Å². The molecule has 1 aromatic rings. The van der Waals surface area contributed by atoms with E-state index in [0.29, 0.717) is 11.4 Å². The molecule has 1 N–H and O–H groups in total. The zero-order valence-electron chi connectivity index (χ0n) is 11.7. The largest absolute Gasteiger partial charge is 0.497 e. The highest BCUT2D eigenvalue weighted by Gasteiger charge is 2.63. The van der Waals surface area contributed by atoms with E-state index in [1.807, 2.05) is 18.2 Å². The number of fused-ring (bicyclic) bond motifs is 1. The summed E-state index contributed by atoms with van der Waals surface area (Å²) in [5.74, 6) is 0.493. The van der Waals surface area contributed by atoms with Crippen LogP contribution in [0.5, 0.6) is 5.75 Å². The van der Waals surface area contributed by atoms with Crippen molar-refractivity contribution in [2.75, 3.05) is 12.4 Å². The third kappa shape index (κ3) is 1.83. The van der Waals surface area contributed by atoms with E-state index in [2.05, 4.69) is 5.32 Å². The predicted octanol–water partition coefficient (Wildman–Crippen LogP) is 1.83. The Bertz CT molecular complexity index is 612. The fourth-order valence-corrected chi connectivity index (χ4v) is 4.29. The van der Waals surface area contributed by atoms with Crippen LogP contribution in [0.2, 0.25) is 0 Å². The molecule has 3 fully saturated rings. The minimum absolute atomic E-state index is 0.0633. The quantitative estimate of drug-likeness (QED) is 0.861. The molecule has 4 rings (SSSR count). The number of hydrogen-bond acceptors (Lipinski definition) is 4. The highest BCUT2D eigenvalue weighted by atomic mass is 16.6. The number of ether oxygens (including phenoxy) is 2. The number of hydrogen-bond donors (Lipinski definition) is 1. The van der Waals surface area contributed by atoms with E-state index >= 15 is 0 Å². The standard InChI is InChI=1S/C16H17NO4/c1-20-10-4-2-3-9(7-10)17-15(18)13-8-5-11-12(6-8)21-16(19)14(11)13/h2-4,7-8,11-14H,5-6H2,1H3,(H,17,18)/t8-,11+,12-,13+,14+/m1/s1. The van der Waals surface area contributed by atoms with Crippen LogP contribution in [-0.4, -0.2) is 25.1 Å². The number of esters is 1. The summed E-state index contributed by atoms with van der Waals surface area (Å²) >= 11 is 0. The van der Waals surface area contributed by atoms with Gasteiger partial charge in [-0.05, 0) is 30.9 Å². The lowest BCUT2D eigenvalue weighted by Gasteiger charge is -2.23. The lowest BCUT2D eigenvalue weighted by atomic mass is 9.79. The second kappa shape index (κ2) is 4.48. The molecule has 1 aromatic carbocycles. The summed E-state index contributed by atoms with van der Waals surface area (Å²) in [4.78, 5) is 24.5. The molecule has 0 radical (unpaired) electrons. The lowest BCUT2D eigenvalue weighted by molar-refractivity contribution is -0.145. The Kier molecular flexibility index (Phi) is 2.71. The third-order valence-electron chi connectivity index (χ3n) is 5.12. The first-order valence-corrected chi connectivity index (χ1v) is 7.33. The van der Waals surface area contributed by atoms with Crippen LogP contribution in [0.4, 0.5) is 5.69 Å². The molecule has 3 aliphatic rings. The van der Waals surface area contributed by atoms with Crippen molar-refractivity contribution in [2.24, 2.45) is 23.7 Å². The van der Waals surface area contributed by atoms with Gasteiger partial charge in [0.1, 0.15) is 11.9 Å². The van der Waals surface area contributed by atoms with E-state index in [0.717, 1.165) is 12.8 Å². The van der Waals surface area contributed by atoms with Gasteiger partial charge in [-0.3, -0.25) is 9.59 Å². The van der Waals surface area contributed by atoms with Crippen LogP contribution in [0.3, 0.4) is 0 Å². The molecule has 2 aliphatic carbocycles. The zero-order chi connectivity index (χ0) is 14.6. The molecular formula is C16H17NO4. The maximum absolute atomic E-state index is 12.6. The van der Waals surface area contributed by atoms with Crippen LogP contribution in [-0.2, 0) is 14.3 Å². The molecule has 110 valence electrons. The maximum Gasteiger partial charge on any atom is 0.310 e. The fourth-order valence-electron chi connectivity index (χ4n) is 4.29. The highest BCUT2D eigenvalue weighted by molar-refractivity contribution is 5.97. The Hall–Kier alpha value is -2.04. The van der Waals surface area contributed by atoms with Crippen LogP contribution >= 0.6 is 0 Å². The Labute approximate surface area is 122 Å². The highest BCUT2D eigenvalue weighted by Crippen LogP contribution is 2.57. The normalized spacial score (nSPS) is 35.7. The molecule has 2 saturated carbocycles. The first-order valence-electron chi connectivity index (χ1n) is 7.33. The number of carbonyl (C=O) groups excluding carboxylic acids is 2. The van der Waals surface area contributed by atoms with E-state index in [-0.39, 0.29) is 41.7 Å². The van der Waals surface area contributed by atoms with E-state index in [4.69, 9.17) is 9.47 Å². The van der Waals surface area contributed by atoms with E-state index in [9.17, 15) is 9.59 Å². The van der Waals surface area contributed by atoms with Crippen LogP contribution < -0.4 is 10.1 Å². The van der Waals surface area contributed by atoms with Gasteiger partial charge in [0.2, 0.25) is 5.91 Å². The Morgan fingerprint density at radius 1 is 1.38 bits per heavy atom. The number of anilines is 1. The third-order valence-corrected chi connectivity index (χ3v) is 5.12. The predicted molar refractivity (Wildman–Crippen MR) is 74.7 cm³/mol. The monoisotopic (exact) mass is 287 g/mol. The fraction of sp³-hybridized carbons (Fsp3) is 0.500. The zero-order valence-corrected chi connectivity index (χ0v) is 11.7. The summed E-state index contributed by atoms with van der Waals surface area (Å²) < 4.78 is 10.5. The van der Waals surface area contributed by atoms with Gasteiger partial charge < -0.3 is 14.8 Å². The van der Waals surface area contributed by atoms with Crippen LogP contribution in [0.1, 0.15) is 12.8 Å². The second-order valence-electron chi connectivity index (χ2n) is 6.14. The summed E-state index contributed by atoms with van der Waals surface area (Å²) in [7, 11) is 1.59. The van der Waals surface area contributed by atoms with Crippen LogP contribution in [0.15, 0.2) is 24.3 Å². The van der Waals surface area contributed by atoms with Crippen molar-refractivity contribution < 1.29 is 19.1 Å². The van der Waals surface area contributed by atoms with Crippen molar-refractivity contribution in [1.82, 2.24) is 0 Å². The maximum atomic E-state index is 12.6. The summed E-state index contributed by atoms with van der Waals surface area (Å²) in [6.45, 7) is 0. The van der Waals surface area contributed by atoms with Gasteiger partial charge in [-0.15, -0.1) is 0 Å². The van der Waals surface area contributed by atoms with Gasteiger partial charge in [-0.25, -0.2) is 0 Å². The summed E-state index contributed by atoms with van der Waals surface area (Å²) in [6, 6.07) is 7.26. The van der Waals surface area contributed by atoms with Crippen molar-refractivity contribution >= 4 is 17.6 Å². The van der Waals surface area contributed by atoms with Crippen molar-refractivity contribution in [3.8, 4) is 5.75 Å². The molecule has 1 saturated heterocycles. The molecule has 5 nitrogen and oxygen atoms in total. The summed E-state index contributed by atoms with van der Waals surface area (Å²) in [5, 5.41) is 2.92. The number of nitrogens with one attached hydrogen (secondary N) is 1. The van der Waals surface area contributed by atoms with Gasteiger partial charge >= 0.3 is 5.97 Å². The van der Waals surface area contributed by atoms with Crippen LogP contribution in [0.25, 0.3) is 0 Å². The molecule has 1 heterocycles. The lowest BCUT2D eigenvalue weighted by Crippen LogP contribution is -2.35. The summed E-state index contributed by atoms with van der Waals surface area (Å²) in [6.07, 6.45) is 1.84. The van der Waals surface area contributed by atoms with Crippen molar-refractivity contribution in [3.63, 3.8) is 0 Å².